The van der Waals surface area contributed by atoms with Crippen molar-refractivity contribution >= 4 is 40.7 Å². The zero-order valence-corrected chi connectivity index (χ0v) is 13.4. The quantitative estimate of drug-likeness (QED) is 0.543. The molecule has 0 saturated carbocycles. The predicted octanol–water partition coefficient (Wildman–Crippen LogP) is 0.687. The summed E-state index contributed by atoms with van der Waals surface area (Å²) in [5, 5.41) is 1.95. The number of anilines is 3. The van der Waals surface area contributed by atoms with Crippen molar-refractivity contribution in [2.75, 3.05) is 16.4 Å². The Morgan fingerprint density at radius 3 is 1.80 bits per heavy atom. The number of nitrogens with zero attached hydrogens (tertiary/aromatic N) is 1. The van der Waals surface area contributed by atoms with Gasteiger partial charge in [-0.05, 0) is 48.5 Å². The van der Waals surface area contributed by atoms with Gasteiger partial charge in [-0.2, -0.15) is 0 Å². The zero-order valence-electron chi connectivity index (χ0n) is 13.4. The van der Waals surface area contributed by atoms with E-state index in [0.717, 1.165) is 6.92 Å². The average Bonchev–Trinajstić information content (AvgIpc) is 2.57. The minimum atomic E-state index is -1.23. The lowest BCUT2D eigenvalue weighted by atomic mass is 10.2. The summed E-state index contributed by atoms with van der Waals surface area (Å²) in [6.45, 7) is 1.13. The number of nitrogens with one attached hydrogen (secondary N) is 1. The second kappa shape index (κ2) is 7.26. The molecular formula is C17H16N4O4. The summed E-state index contributed by atoms with van der Waals surface area (Å²) < 4.78 is 0. The summed E-state index contributed by atoms with van der Waals surface area (Å²) >= 11 is 0. The number of hydrogen-bond donors (Lipinski definition) is 3. The molecule has 8 nitrogen and oxygen atoms in total. The van der Waals surface area contributed by atoms with E-state index in [0.29, 0.717) is 16.3 Å². The highest BCUT2D eigenvalue weighted by Crippen LogP contribution is 2.17. The molecule has 8 heteroatoms. The molecule has 2 aromatic rings. The van der Waals surface area contributed by atoms with E-state index in [1.165, 1.54) is 48.5 Å². The van der Waals surface area contributed by atoms with E-state index >= 15 is 0 Å². The lowest BCUT2D eigenvalue weighted by molar-refractivity contribution is -0.139. The Morgan fingerprint density at radius 2 is 1.32 bits per heavy atom. The molecule has 2 aromatic carbocycles. The highest BCUT2D eigenvalue weighted by atomic mass is 16.2. The largest absolute Gasteiger partial charge is 0.399 e. The molecule has 5 N–H and O–H groups in total. The van der Waals surface area contributed by atoms with Gasteiger partial charge in [0.05, 0.1) is 5.69 Å². The lowest BCUT2D eigenvalue weighted by Gasteiger charge is -2.18. The second-order valence-electron chi connectivity index (χ2n) is 5.16. The Labute approximate surface area is 143 Å². The Balaban J connectivity index is 2.17. The van der Waals surface area contributed by atoms with E-state index in [1.54, 1.807) is 0 Å². The molecule has 0 aliphatic rings. The third-order valence-corrected chi connectivity index (χ3v) is 3.26. The van der Waals surface area contributed by atoms with Gasteiger partial charge in [0.15, 0.2) is 0 Å². The fourth-order valence-electron chi connectivity index (χ4n) is 2.03. The molecule has 0 atom stereocenters. The van der Waals surface area contributed by atoms with Crippen LogP contribution in [0.2, 0.25) is 0 Å². The van der Waals surface area contributed by atoms with Gasteiger partial charge in [-0.3, -0.25) is 24.5 Å². The van der Waals surface area contributed by atoms with Crippen molar-refractivity contribution < 1.29 is 19.2 Å². The summed E-state index contributed by atoms with van der Waals surface area (Å²) in [6, 6.07) is 11.6. The molecule has 0 aliphatic carbocycles. The lowest BCUT2D eigenvalue weighted by Crippen LogP contribution is -2.47. The van der Waals surface area contributed by atoms with E-state index in [-0.39, 0.29) is 11.3 Å². The Kier molecular flexibility index (Phi) is 5.13. The number of carbonyl (C=O) groups is 4. The second-order valence-corrected chi connectivity index (χ2v) is 5.16. The van der Waals surface area contributed by atoms with Crippen molar-refractivity contribution in [3.63, 3.8) is 0 Å². The molecule has 0 fully saturated rings. The molecule has 2 rings (SSSR count). The monoisotopic (exact) mass is 340 g/mol. The first kappa shape index (κ1) is 17.7. The van der Waals surface area contributed by atoms with E-state index in [9.17, 15) is 19.2 Å². The number of carbonyl (C=O) groups excluding carboxylic acids is 4. The van der Waals surface area contributed by atoms with Crippen LogP contribution in [0.3, 0.4) is 0 Å². The minimum Gasteiger partial charge on any atom is -0.399 e. The summed E-state index contributed by atoms with van der Waals surface area (Å²) in [5.41, 5.74) is 12.3. The maximum absolute atomic E-state index is 12.3. The topological polar surface area (TPSA) is 136 Å². The van der Waals surface area contributed by atoms with Crippen LogP contribution in [-0.4, -0.2) is 23.6 Å². The Morgan fingerprint density at radius 1 is 0.840 bits per heavy atom. The molecular weight excluding hydrogens is 324 g/mol. The van der Waals surface area contributed by atoms with Crippen LogP contribution in [0.15, 0.2) is 48.5 Å². The number of nitrogens with two attached hydrogens (primary N) is 2. The van der Waals surface area contributed by atoms with Gasteiger partial charge in [0, 0.05) is 23.9 Å². The first-order valence-electron chi connectivity index (χ1n) is 7.21. The maximum Gasteiger partial charge on any atom is 0.323 e. The van der Waals surface area contributed by atoms with Crippen molar-refractivity contribution in [1.29, 1.82) is 0 Å². The number of benzene rings is 2. The van der Waals surface area contributed by atoms with E-state index in [4.69, 9.17) is 11.5 Å². The van der Waals surface area contributed by atoms with Crippen molar-refractivity contribution in [2.45, 2.75) is 6.92 Å². The molecule has 25 heavy (non-hydrogen) atoms. The van der Waals surface area contributed by atoms with Crippen LogP contribution >= 0.6 is 0 Å². The smallest absolute Gasteiger partial charge is 0.323 e. The molecule has 0 aromatic heterocycles. The van der Waals surface area contributed by atoms with Crippen molar-refractivity contribution in [3.8, 4) is 0 Å². The number of nitrogen functional groups attached to an aromatic ring is 2. The van der Waals surface area contributed by atoms with Gasteiger partial charge in [-0.15, -0.1) is 0 Å². The minimum absolute atomic E-state index is 0.150. The fourth-order valence-corrected chi connectivity index (χ4v) is 2.03. The van der Waals surface area contributed by atoms with Crippen molar-refractivity contribution in [3.05, 3.63) is 54.1 Å². The maximum atomic E-state index is 12.3. The third kappa shape index (κ3) is 4.20. The summed E-state index contributed by atoms with van der Waals surface area (Å²) in [6.07, 6.45) is 0. The van der Waals surface area contributed by atoms with Gasteiger partial charge in [0.2, 0.25) is 5.91 Å². The van der Waals surface area contributed by atoms with Crippen LogP contribution in [0.1, 0.15) is 17.3 Å². The van der Waals surface area contributed by atoms with Crippen LogP contribution in [0.25, 0.3) is 0 Å². The molecule has 0 spiro atoms. The normalized spacial score (nSPS) is 9.96. The fraction of sp³-hybridized carbons (Fsp3) is 0.0588. The Bertz CT molecular complexity index is 829. The molecule has 0 unspecified atom stereocenters. The number of hydrogen-bond acceptors (Lipinski definition) is 6. The SMILES string of the molecule is CC(=O)N(C(=O)C(=O)NC(=O)c1ccc(N)cc1)c1ccc(N)cc1. The summed E-state index contributed by atoms with van der Waals surface area (Å²) in [7, 11) is 0. The van der Waals surface area contributed by atoms with E-state index in [1.807, 2.05) is 5.32 Å². The van der Waals surface area contributed by atoms with Gasteiger partial charge in [-0.25, -0.2) is 4.90 Å². The number of rotatable bonds is 2. The van der Waals surface area contributed by atoms with Crippen molar-refractivity contribution in [1.82, 2.24) is 5.32 Å². The highest BCUT2D eigenvalue weighted by molar-refractivity contribution is 6.47. The van der Waals surface area contributed by atoms with E-state index in [2.05, 4.69) is 0 Å². The molecule has 4 amide bonds. The molecule has 128 valence electrons. The zero-order chi connectivity index (χ0) is 18.6. The average molecular weight is 340 g/mol. The predicted molar refractivity (Wildman–Crippen MR) is 92.3 cm³/mol. The number of imide groups is 2. The van der Waals surface area contributed by atoms with Gasteiger partial charge in [0.1, 0.15) is 0 Å². The molecule has 0 heterocycles. The van der Waals surface area contributed by atoms with E-state index < -0.39 is 23.6 Å². The van der Waals surface area contributed by atoms with Crippen molar-refractivity contribution in [2.24, 2.45) is 0 Å². The molecule has 0 radical (unpaired) electrons. The number of amides is 4. The van der Waals surface area contributed by atoms with Crippen LogP contribution in [0, 0.1) is 0 Å². The third-order valence-electron chi connectivity index (χ3n) is 3.26. The molecule has 0 bridgehead atoms. The van der Waals surface area contributed by atoms with Crippen LogP contribution in [0.4, 0.5) is 17.1 Å². The first-order valence-corrected chi connectivity index (χ1v) is 7.21. The van der Waals surface area contributed by atoms with Gasteiger partial charge < -0.3 is 11.5 Å². The highest BCUT2D eigenvalue weighted by Gasteiger charge is 2.28. The summed E-state index contributed by atoms with van der Waals surface area (Å²) in [5.74, 6) is -3.86. The van der Waals surface area contributed by atoms with Crippen LogP contribution in [0.5, 0.6) is 0 Å². The standard InChI is InChI=1S/C17H16N4O4/c1-10(22)21(14-8-6-13(19)7-9-14)17(25)16(24)20-15(23)11-2-4-12(18)5-3-11/h2-9H,18-19H2,1H3,(H,20,23,24). The Hall–Kier alpha value is -3.68. The van der Waals surface area contributed by atoms with Gasteiger partial charge in [0.25, 0.3) is 5.91 Å². The van der Waals surface area contributed by atoms with Crippen LogP contribution < -0.4 is 21.7 Å². The first-order chi connectivity index (χ1) is 11.8. The molecule has 0 saturated heterocycles. The summed E-state index contributed by atoms with van der Waals surface area (Å²) in [4.78, 5) is 48.8. The van der Waals surface area contributed by atoms with Gasteiger partial charge in [-0.1, -0.05) is 0 Å². The molecule has 0 aliphatic heterocycles. The van der Waals surface area contributed by atoms with Crippen LogP contribution in [-0.2, 0) is 14.4 Å². The van der Waals surface area contributed by atoms with Gasteiger partial charge >= 0.3 is 11.8 Å².